The molecule has 0 aliphatic rings. The third-order valence-electron chi connectivity index (χ3n) is 3.76. The van der Waals surface area contributed by atoms with Crippen molar-refractivity contribution in [3.8, 4) is 6.07 Å². The lowest BCUT2D eigenvalue weighted by molar-refractivity contribution is -0.125. The SMILES string of the molecule is N#CCCN(C(=O)CCC(=O)NCc1ccc(S(N)(=O)=O)s1)c1ccccc1. The summed E-state index contributed by atoms with van der Waals surface area (Å²) in [7, 11) is -3.75. The number of hydrogen-bond donors (Lipinski definition) is 2. The van der Waals surface area contributed by atoms with Gasteiger partial charge in [0, 0.05) is 30.0 Å². The molecule has 1 heterocycles. The predicted octanol–water partition coefficient (Wildman–Crippen LogP) is 1.74. The van der Waals surface area contributed by atoms with Crippen molar-refractivity contribution < 1.29 is 18.0 Å². The number of nitrogens with one attached hydrogen (secondary N) is 1. The van der Waals surface area contributed by atoms with Crippen molar-refractivity contribution in [1.29, 1.82) is 5.26 Å². The van der Waals surface area contributed by atoms with Crippen LogP contribution in [0.15, 0.2) is 46.7 Å². The van der Waals surface area contributed by atoms with Gasteiger partial charge in [0.05, 0.1) is 19.0 Å². The van der Waals surface area contributed by atoms with Crippen LogP contribution in [0.3, 0.4) is 0 Å². The Labute approximate surface area is 167 Å². The highest BCUT2D eigenvalue weighted by molar-refractivity contribution is 7.91. The first kappa shape index (κ1) is 21.6. The molecular weight excluding hydrogens is 400 g/mol. The molecule has 0 atom stereocenters. The fourth-order valence-electron chi connectivity index (χ4n) is 2.40. The first-order valence-corrected chi connectivity index (χ1v) is 10.8. The van der Waals surface area contributed by atoms with Crippen LogP contribution < -0.4 is 15.4 Å². The largest absolute Gasteiger partial charge is 0.351 e. The summed E-state index contributed by atoms with van der Waals surface area (Å²) in [6.07, 6.45) is 0.179. The number of benzene rings is 1. The Balaban J connectivity index is 1.87. The number of nitrogens with two attached hydrogens (primary N) is 1. The van der Waals surface area contributed by atoms with Gasteiger partial charge in [0.2, 0.25) is 21.8 Å². The molecule has 8 nitrogen and oxygen atoms in total. The molecule has 0 fully saturated rings. The van der Waals surface area contributed by atoms with Crippen molar-refractivity contribution in [3.05, 3.63) is 47.3 Å². The molecule has 10 heteroatoms. The number of hydrogen-bond acceptors (Lipinski definition) is 6. The number of amides is 2. The van der Waals surface area contributed by atoms with E-state index < -0.39 is 10.0 Å². The van der Waals surface area contributed by atoms with E-state index in [0.29, 0.717) is 10.6 Å². The van der Waals surface area contributed by atoms with Crippen molar-refractivity contribution in [2.24, 2.45) is 5.14 Å². The second-order valence-corrected chi connectivity index (χ2v) is 8.79. The zero-order valence-corrected chi connectivity index (χ0v) is 16.6. The molecule has 1 aromatic heterocycles. The second-order valence-electron chi connectivity index (χ2n) is 5.83. The molecule has 0 radical (unpaired) electrons. The Morgan fingerprint density at radius 3 is 2.46 bits per heavy atom. The summed E-state index contributed by atoms with van der Waals surface area (Å²) in [6.45, 7) is 0.413. The maximum atomic E-state index is 12.5. The van der Waals surface area contributed by atoms with Gasteiger partial charge >= 0.3 is 0 Å². The summed E-state index contributed by atoms with van der Waals surface area (Å²) in [5, 5.41) is 16.5. The highest BCUT2D eigenvalue weighted by Gasteiger charge is 2.17. The van der Waals surface area contributed by atoms with Crippen LogP contribution >= 0.6 is 11.3 Å². The fraction of sp³-hybridized carbons (Fsp3) is 0.278. The van der Waals surface area contributed by atoms with Crippen molar-refractivity contribution in [3.63, 3.8) is 0 Å². The van der Waals surface area contributed by atoms with Gasteiger partial charge in [-0.1, -0.05) is 18.2 Å². The number of nitrogens with zero attached hydrogens (tertiary/aromatic N) is 2. The average Bonchev–Trinajstić information content (AvgIpc) is 3.15. The van der Waals surface area contributed by atoms with Crippen molar-refractivity contribution in [1.82, 2.24) is 5.32 Å². The van der Waals surface area contributed by atoms with E-state index >= 15 is 0 Å². The minimum absolute atomic E-state index is 0.000966. The molecular formula is C18H20N4O4S2. The molecule has 0 unspecified atom stereocenters. The van der Waals surface area contributed by atoms with Crippen LogP contribution in [0, 0.1) is 11.3 Å². The Morgan fingerprint density at radius 2 is 1.86 bits per heavy atom. The Morgan fingerprint density at radius 1 is 1.14 bits per heavy atom. The van der Waals surface area contributed by atoms with Gasteiger partial charge in [-0.3, -0.25) is 9.59 Å². The van der Waals surface area contributed by atoms with Gasteiger partial charge in [0.1, 0.15) is 4.21 Å². The highest BCUT2D eigenvalue weighted by atomic mass is 32.2. The summed E-state index contributed by atoms with van der Waals surface area (Å²) >= 11 is 0.984. The lowest BCUT2D eigenvalue weighted by Gasteiger charge is -2.21. The number of rotatable bonds is 9. The van der Waals surface area contributed by atoms with Crippen LogP contribution in [0.1, 0.15) is 24.1 Å². The smallest absolute Gasteiger partial charge is 0.247 e. The van der Waals surface area contributed by atoms with Crippen LogP contribution in [-0.2, 0) is 26.2 Å². The summed E-state index contributed by atoms with van der Waals surface area (Å²) < 4.78 is 22.5. The first-order chi connectivity index (χ1) is 13.3. The zero-order valence-electron chi connectivity index (χ0n) is 15.0. The van der Waals surface area contributed by atoms with Gasteiger partial charge in [0.25, 0.3) is 0 Å². The van der Waals surface area contributed by atoms with E-state index in [4.69, 9.17) is 10.4 Å². The van der Waals surface area contributed by atoms with Gasteiger partial charge < -0.3 is 10.2 Å². The van der Waals surface area contributed by atoms with E-state index in [2.05, 4.69) is 5.32 Å². The summed E-state index contributed by atoms with van der Waals surface area (Å²) in [5.41, 5.74) is 0.678. The molecule has 0 saturated heterocycles. The number of primary sulfonamides is 1. The Bertz CT molecular complexity index is 965. The lowest BCUT2D eigenvalue weighted by Crippen LogP contribution is -2.33. The van der Waals surface area contributed by atoms with Gasteiger partial charge in [-0.05, 0) is 24.3 Å². The minimum atomic E-state index is -3.75. The number of anilines is 1. The maximum absolute atomic E-state index is 12.5. The molecule has 0 aliphatic carbocycles. The normalized spacial score (nSPS) is 10.9. The molecule has 1 aromatic carbocycles. The number of carbonyl (C=O) groups excluding carboxylic acids is 2. The van der Waals surface area contributed by atoms with Gasteiger partial charge in [-0.25, -0.2) is 13.6 Å². The Hall–Kier alpha value is -2.74. The summed E-state index contributed by atoms with van der Waals surface area (Å²) in [6, 6.07) is 13.9. The maximum Gasteiger partial charge on any atom is 0.247 e. The van der Waals surface area contributed by atoms with E-state index in [9.17, 15) is 18.0 Å². The van der Waals surface area contributed by atoms with E-state index in [1.54, 1.807) is 30.3 Å². The molecule has 0 aliphatic heterocycles. The molecule has 2 rings (SSSR count). The van der Waals surface area contributed by atoms with E-state index in [1.165, 1.54) is 11.0 Å². The topological polar surface area (TPSA) is 133 Å². The van der Waals surface area contributed by atoms with E-state index in [1.807, 2.05) is 12.1 Å². The highest BCUT2D eigenvalue weighted by Crippen LogP contribution is 2.20. The Kier molecular flexibility index (Phi) is 7.69. The summed E-state index contributed by atoms with van der Waals surface area (Å²) in [4.78, 5) is 26.7. The van der Waals surface area contributed by atoms with Crippen LogP contribution in [0.5, 0.6) is 0 Å². The van der Waals surface area contributed by atoms with Gasteiger partial charge in [0.15, 0.2) is 0 Å². The number of sulfonamides is 1. The van der Waals surface area contributed by atoms with Crippen LogP contribution in [0.25, 0.3) is 0 Å². The van der Waals surface area contributed by atoms with E-state index in [-0.39, 0.29) is 48.4 Å². The predicted molar refractivity (Wildman–Crippen MR) is 106 cm³/mol. The van der Waals surface area contributed by atoms with E-state index in [0.717, 1.165) is 11.3 Å². The number of carbonyl (C=O) groups is 2. The molecule has 28 heavy (non-hydrogen) atoms. The third-order valence-corrected chi connectivity index (χ3v) is 6.28. The fourth-order valence-corrected chi connectivity index (χ4v) is 4.12. The first-order valence-electron chi connectivity index (χ1n) is 8.42. The third kappa shape index (κ3) is 6.45. The second kappa shape index (κ2) is 9.98. The van der Waals surface area contributed by atoms with Gasteiger partial charge in [-0.2, -0.15) is 5.26 Å². The summed E-state index contributed by atoms with van der Waals surface area (Å²) in [5.74, 6) is -0.573. The molecule has 2 aromatic rings. The number of nitriles is 1. The average molecular weight is 421 g/mol. The van der Waals surface area contributed by atoms with Crippen LogP contribution in [-0.4, -0.2) is 26.8 Å². The van der Waals surface area contributed by atoms with Crippen LogP contribution in [0.2, 0.25) is 0 Å². The van der Waals surface area contributed by atoms with Crippen molar-refractivity contribution in [2.45, 2.75) is 30.0 Å². The number of para-hydroxylation sites is 1. The molecule has 0 bridgehead atoms. The van der Waals surface area contributed by atoms with Crippen LogP contribution in [0.4, 0.5) is 5.69 Å². The molecule has 2 amide bonds. The minimum Gasteiger partial charge on any atom is -0.351 e. The van der Waals surface area contributed by atoms with Crippen molar-refractivity contribution >= 4 is 38.9 Å². The quantitative estimate of drug-likeness (QED) is 0.637. The molecule has 3 N–H and O–H groups in total. The lowest BCUT2D eigenvalue weighted by atomic mass is 10.2. The zero-order chi connectivity index (χ0) is 20.6. The standard InChI is InChI=1S/C18H20N4O4S2/c19-11-4-12-22(14-5-2-1-3-6-14)17(24)9-8-16(23)21-13-15-7-10-18(27-15)28(20,25)26/h1-3,5-7,10H,4,8-9,12-13H2,(H,21,23)(H2,20,25,26). The molecule has 0 spiro atoms. The van der Waals surface area contributed by atoms with Gasteiger partial charge in [-0.15, -0.1) is 11.3 Å². The monoisotopic (exact) mass is 420 g/mol. The van der Waals surface area contributed by atoms with Crippen molar-refractivity contribution in [2.75, 3.05) is 11.4 Å². The molecule has 0 saturated carbocycles. The number of thiophene rings is 1. The molecule has 148 valence electrons.